The average Bonchev–Trinajstić information content (AvgIpc) is 2.64. The molecule has 1 aromatic carbocycles. The van der Waals surface area contributed by atoms with E-state index in [1.165, 1.54) is 11.8 Å². The number of para-hydroxylation sites is 1. The minimum Gasteiger partial charge on any atom is -0.361 e. The van der Waals surface area contributed by atoms with Crippen molar-refractivity contribution in [2.75, 3.05) is 11.9 Å². The highest BCUT2D eigenvalue weighted by molar-refractivity contribution is 6.34. The van der Waals surface area contributed by atoms with Crippen molar-refractivity contribution < 1.29 is 9.59 Å². The Morgan fingerprint density at radius 2 is 2.00 bits per heavy atom. The number of primary amides is 1. The summed E-state index contributed by atoms with van der Waals surface area (Å²) in [5.74, 6) is -2.00. The summed E-state index contributed by atoms with van der Waals surface area (Å²) in [6.45, 7) is 4.24. The highest BCUT2D eigenvalue weighted by Gasteiger charge is 2.37. The van der Waals surface area contributed by atoms with Gasteiger partial charge in [-0.3, -0.25) is 9.59 Å². The molecule has 1 aliphatic heterocycles. The van der Waals surface area contributed by atoms with Crippen LogP contribution in [0.2, 0.25) is 0 Å². The number of nitrogens with one attached hydrogen (secondary N) is 1. The van der Waals surface area contributed by atoms with Crippen molar-refractivity contribution in [3.05, 3.63) is 41.6 Å². The summed E-state index contributed by atoms with van der Waals surface area (Å²) < 4.78 is 0. The first-order chi connectivity index (χ1) is 9.85. The molecule has 0 fully saturated rings. The second-order valence-electron chi connectivity index (χ2n) is 5.34. The highest BCUT2D eigenvalue weighted by Crippen LogP contribution is 2.46. The van der Waals surface area contributed by atoms with Crippen LogP contribution < -0.4 is 16.1 Å². The number of hydrogen-bond acceptors (Lipinski definition) is 4. The number of amides is 2. The van der Waals surface area contributed by atoms with Gasteiger partial charge in [-0.25, -0.2) is 5.43 Å². The molecule has 0 aliphatic carbocycles. The molecule has 1 heterocycles. The number of benzene rings is 1. The zero-order valence-corrected chi connectivity index (χ0v) is 12.3. The van der Waals surface area contributed by atoms with Gasteiger partial charge in [-0.1, -0.05) is 32.0 Å². The van der Waals surface area contributed by atoms with Crippen LogP contribution in [0.1, 0.15) is 19.4 Å². The smallest absolute Gasteiger partial charge is 0.329 e. The summed E-state index contributed by atoms with van der Waals surface area (Å²) in [7, 11) is 1.98. The number of fused-ring (bicyclic) bond motifs is 1. The Balaban J connectivity index is 2.22. The largest absolute Gasteiger partial charge is 0.361 e. The fraction of sp³-hybridized carbons (Fsp3) is 0.267. The van der Waals surface area contributed by atoms with Crippen LogP contribution in [0, 0.1) is 0 Å². The summed E-state index contributed by atoms with van der Waals surface area (Å²) in [4.78, 5) is 23.6. The second kappa shape index (κ2) is 5.40. The lowest BCUT2D eigenvalue weighted by Crippen LogP contribution is -2.32. The van der Waals surface area contributed by atoms with Crippen molar-refractivity contribution in [1.29, 1.82) is 0 Å². The summed E-state index contributed by atoms with van der Waals surface area (Å²) in [5, 5.41) is 3.69. The topological polar surface area (TPSA) is 87.8 Å². The third-order valence-corrected chi connectivity index (χ3v) is 3.64. The molecule has 21 heavy (non-hydrogen) atoms. The van der Waals surface area contributed by atoms with E-state index in [-0.39, 0.29) is 5.41 Å². The first-order valence-corrected chi connectivity index (χ1v) is 6.52. The van der Waals surface area contributed by atoms with Crippen LogP contribution >= 0.6 is 0 Å². The van der Waals surface area contributed by atoms with Gasteiger partial charge in [-0.15, -0.1) is 0 Å². The van der Waals surface area contributed by atoms with Crippen LogP contribution in [-0.2, 0) is 15.0 Å². The molecule has 2 amide bonds. The molecule has 3 N–H and O–H groups in total. The monoisotopic (exact) mass is 286 g/mol. The quantitative estimate of drug-likeness (QED) is 0.481. The normalized spacial score (nSPS) is 18.0. The second-order valence-corrected chi connectivity index (χ2v) is 5.34. The van der Waals surface area contributed by atoms with E-state index in [0.717, 1.165) is 11.4 Å². The molecule has 110 valence electrons. The van der Waals surface area contributed by atoms with E-state index in [4.69, 9.17) is 5.73 Å². The van der Waals surface area contributed by atoms with Crippen LogP contribution in [-0.4, -0.2) is 25.1 Å². The van der Waals surface area contributed by atoms with Crippen molar-refractivity contribution in [3.63, 3.8) is 0 Å². The fourth-order valence-corrected chi connectivity index (χ4v) is 2.56. The Morgan fingerprint density at radius 3 is 2.62 bits per heavy atom. The molecule has 2 rings (SSSR count). The zero-order valence-electron chi connectivity index (χ0n) is 12.3. The molecule has 0 unspecified atom stereocenters. The molecule has 0 saturated heterocycles. The number of carbonyl (C=O) groups is 2. The Labute approximate surface area is 123 Å². The van der Waals surface area contributed by atoms with Gasteiger partial charge in [-0.05, 0) is 17.7 Å². The molecule has 6 nitrogen and oxygen atoms in total. The van der Waals surface area contributed by atoms with Gasteiger partial charge in [0.1, 0.15) is 0 Å². The van der Waals surface area contributed by atoms with E-state index < -0.39 is 11.8 Å². The van der Waals surface area contributed by atoms with Gasteiger partial charge < -0.3 is 10.6 Å². The molecule has 1 aromatic rings. The Bertz CT molecular complexity index is 647. The Morgan fingerprint density at radius 1 is 1.33 bits per heavy atom. The Hall–Kier alpha value is -2.63. The van der Waals surface area contributed by atoms with Crippen molar-refractivity contribution in [2.45, 2.75) is 19.3 Å². The van der Waals surface area contributed by atoms with Crippen molar-refractivity contribution in [1.82, 2.24) is 5.43 Å². The lowest BCUT2D eigenvalue weighted by molar-refractivity contribution is -0.137. The van der Waals surface area contributed by atoms with Crippen LogP contribution in [0.4, 0.5) is 5.69 Å². The third kappa shape index (κ3) is 2.65. The van der Waals surface area contributed by atoms with Crippen LogP contribution in [0.5, 0.6) is 0 Å². The molecule has 0 saturated carbocycles. The highest BCUT2D eigenvalue weighted by atomic mass is 16.2. The molecule has 0 aromatic heterocycles. The number of allylic oxidation sites excluding steroid dienone is 2. The number of rotatable bonds is 2. The summed E-state index contributed by atoms with van der Waals surface area (Å²) in [6.07, 6.45) is 3.25. The number of anilines is 1. The molecule has 1 aliphatic rings. The van der Waals surface area contributed by atoms with Gasteiger partial charge in [0.2, 0.25) is 0 Å². The minimum atomic E-state index is -1.06. The van der Waals surface area contributed by atoms with Gasteiger partial charge in [0.15, 0.2) is 0 Å². The van der Waals surface area contributed by atoms with E-state index in [9.17, 15) is 9.59 Å². The van der Waals surface area contributed by atoms with Crippen LogP contribution in [0.3, 0.4) is 0 Å². The maximum Gasteiger partial charge on any atom is 0.329 e. The first-order valence-electron chi connectivity index (χ1n) is 6.52. The Kier molecular flexibility index (Phi) is 3.80. The van der Waals surface area contributed by atoms with Crippen LogP contribution in [0.25, 0.3) is 0 Å². The number of hydrogen-bond donors (Lipinski definition) is 2. The molecule has 0 spiro atoms. The van der Waals surface area contributed by atoms with Gasteiger partial charge >= 0.3 is 11.8 Å². The van der Waals surface area contributed by atoms with Crippen molar-refractivity contribution in [2.24, 2.45) is 10.8 Å². The van der Waals surface area contributed by atoms with Crippen LogP contribution in [0.15, 0.2) is 41.1 Å². The third-order valence-electron chi connectivity index (χ3n) is 3.64. The number of carbonyl (C=O) groups excluding carboxylic acids is 2. The minimum absolute atomic E-state index is 0.162. The molecule has 0 bridgehead atoms. The predicted molar refractivity (Wildman–Crippen MR) is 81.8 cm³/mol. The lowest BCUT2D eigenvalue weighted by Gasteiger charge is -2.23. The van der Waals surface area contributed by atoms with E-state index in [1.54, 1.807) is 6.08 Å². The van der Waals surface area contributed by atoms with E-state index in [1.807, 2.05) is 19.2 Å². The average molecular weight is 286 g/mol. The van der Waals surface area contributed by atoms with Crippen molar-refractivity contribution in [3.8, 4) is 0 Å². The van der Waals surface area contributed by atoms with Gasteiger partial charge in [0.05, 0.1) is 0 Å². The van der Waals surface area contributed by atoms with Gasteiger partial charge in [0, 0.05) is 30.1 Å². The number of likely N-dealkylation sites (N-methyl/N-ethyl adjacent to an activating group) is 1. The molecular formula is C15H18N4O2. The SMILES string of the molecule is CN1/C(=C\C=N\NC(=O)C(N)=O)C(C)(C)c2ccccc21. The standard InChI is InChI=1S/C15H18N4O2/c1-15(2)10-6-4-5-7-11(10)19(3)12(15)8-9-17-18-14(21)13(16)20/h4-9H,1-3H3,(H2,16,20)(H,18,21)/b12-8-,17-9+. The number of nitrogens with two attached hydrogens (primary N) is 1. The first kappa shape index (κ1) is 14.8. The van der Waals surface area contributed by atoms with Gasteiger partial charge in [0.25, 0.3) is 0 Å². The molecule has 0 atom stereocenters. The van der Waals surface area contributed by atoms with E-state index in [2.05, 4.69) is 41.4 Å². The van der Waals surface area contributed by atoms with E-state index >= 15 is 0 Å². The fourth-order valence-electron chi connectivity index (χ4n) is 2.56. The maximum absolute atomic E-state index is 11.0. The summed E-state index contributed by atoms with van der Waals surface area (Å²) >= 11 is 0. The summed E-state index contributed by atoms with van der Waals surface area (Å²) in [5.41, 5.74) is 10.1. The lowest BCUT2D eigenvalue weighted by atomic mass is 9.84. The number of nitrogens with zero attached hydrogens (tertiary/aromatic N) is 2. The van der Waals surface area contributed by atoms with Crippen molar-refractivity contribution >= 4 is 23.7 Å². The molecular weight excluding hydrogens is 268 g/mol. The maximum atomic E-state index is 11.0. The van der Waals surface area contributed by atoms with E-state index in [0.29, 0.717) is 0 Å². The summed E-state index contributed by atoms with van der Waals surface area (Å²) in [6, 6.07) is 8.16. The number of hydrazone groups is 1. The molecule has 6 heteroatoms. The van der Waals surface area contributed by atoms with Gasteiger partial charge in [-0.2, -0.15) is 5.10 Å². The predicted octanol–water partition coefficient (Wildman–Crippen LogP) is 0.885. The zero-order chi connectivity index (χ0) is 15.6. The molecule has 0 radical (unpaired) electrons.